The maximum Gasteiger partial charge on any atom is 0.417 e. The lowest BCUT2D eigenvalue weighted by Crippen LogP contribution is -2.11. The van der Waals surface area contributed by atoms with Crippen molar-refractivity contribution in [3.63, 3.8) is 0 Å². The normalized spacial score (nSPS) is 18.0. The van der Waals surface area contributed by atoms with Gasteiger partial charge in [0, 0.05) is 10.6 Å². The molecule has 0 aliphatic heterocycles. The van der Waals surface area contributed by atoms with Gasteiger partial charge < -0.3 is 5.11 Å². The molecule has 2 aromatic rings. The molecule has 0 spiro atoms. The summed E-state index contributed by atoms with van der Waals surface area (Å²) >= 11 is 5.77. The number of fused-ring (bicyclic) bond motifs is 1. The Kier molecular flexibility index (Phi) is 3.30. The molecule has 1 atom stereocenters. The van der Waals surface area contributed by atoms with E-state index in [0.717, 1.165) is 0 Å². The van der Waals surface area contributed by atoms with E-state index in [2.05, 4.69) is 0 Å². The molecular weight excluding hydrogens is 301 g/mol. The van der Waals surface area contributed by atoms with E-state index in [1.54, 1.807) is 6.07 Å². The van der Waals surface area contributed by atoms with Crippen molar-refractivity contribution in [1.29, 1.82) is 0 Å². The van der Waals surface area contributed by atoms with Gasteiger partial charge in [0.1, 0.15) is 6.10 Å². The summed E-state index contributed by atoms with van der Waals surface area (Å²) in [6.45, 7) is 0. The third-order valence-electron chi connectivity index (χ3n) is 3.51. The van der Waals surface area contributed by atoms with Gasteiger partial charge in [0.15, 0.2) is 0 Å². The molecule has 1 nitrogen and oxygen atoms in total. The van der Waals surface area contributed by atoms with Crippen LogP contribution in [-0.4, -0.2) is 11.3 Å². The largest absolute Gasteiger partial charge is 0.417 e. The fourth-order valence-electron chi connectivity index (χ4n) is 2.64. The maximum absolute atomic E-state index is 13.4. The molecule has 0 bridgehead atoms. The number of allylic oxidation sites excluding steroid dienone is 1. The van der Waals surface area contributed by atoms with Gasteiger partial charge in [-0.15, -0.1) is 0 Å². The Bertz CT molecular complexity index is 717. The average molecular weight is 311 g/mol. The predicted molar refractivity (Wildman–Crippen MR) is 75.7 cm³/mol. The SMILES string of the molecule is OC1C(c2ccc(Cl)cc2)=C(C(F)(F)F)c2ccccc21. The van der Waals surface area contributed by atoms with Gasteiger partial charge >= 0.3 is 6.18 Å². The molecule has 3 rings (SSSR count). The van der Waals surface area contributed by atoms with Crippen LogP contribution in [-0.2, 0) is 0 Å². The Balaban J connectivity index is 2.27. The van der Waals surface area contributed by atoms with Crippen molar-refractivity contribution in [3.8, 4) is 0 Å². The average Bonchev–Trinajstić information content (AvgIpc) is 2.73. The first-order valence-corrected chi connectivity index (χ1v) is 6.62. The lowest BCUT2D eigenvalue weighted by atomic mass is 9.98. The Morgan fingerprint density at radius 2 is 1.57 bits per heavy atom. The highest BCUT2D eigenvalue weighted by molar-refractivity contribution is 6.30. The van der Waals surface area contributed by atoms with Crippen LogP contribution in [0, 0.1) is 0 Å². The number of rotatable bonds is 1. The molecule has 1 aliphatic carbocycles. The van der Waals surface area contributed by atoms with Crippen LogP contribution in [0.5, 0.6) is 0 Å². The summed E-state index contributed by atoms with van der Waals surface area (Å²) < 4.78 is 40.3. The molecule has 1 aliphatic rings. The van der Waals surface area contributed by atoms with Crippen LogP contribution in [0.1, 0.15) is 22.8 Å². The Morgan fingerprint density at radius 3 is 2.19 bits per heavy atom. The number of hydrogen-bond acceptors (Lipinski definition) is 1. The molecule has 1 unspecified atom stereocenters. The summed E-state index contributed by atoms with van der Waals surface area (Å²) in [5.74, 6) is 0. The molecule has 0 radical (unpaired) electrons. The van der Waals surface area contributed by atoms with Crippen molar-refractivity contribution < 1.29 is 18.3 Å². The Labute approximate surface area is 124 Å². The first-order chi connectivity index (χ1) is 9.89. The van der Waals surface area contributed by atoms with Crippen LogP contribution < -0.4 is 0 Å². The minimum absolute atomic E-state index is 0.0300. The van der Waals surface area contributed by atoms with Crippen LogP contribution >= 0.6 is 11.6 Å². The van der Waals surface area contributed by atoms with Gasteiger partial charge in [-0.25, -0.2) is 0 Å². The molecule has 0 saturated heterocycles. The first kappa shape index (κ1) is 14.2. The summed E-state index contributed by atoms with van der Waals surface area (Å²) in [5, 5.41) is 10.7. The van der Waals surface area contributed by atoms with Crippen molar-refractivity contribution in [2.75, 3.05) is 0 Å². The van der Waals surface area contributed by atoms with E-state index in [4.69, 9.17) is 11.6 Å². The fourth-order valence-corrected chi connectivity index (χ4v) is 2.76. The molecule has 0 fully saturated rings. The van der Waals surface area contributed by atoms with Gasteiger partial charge in [0.25, 0.3) is 0 Å². The Hall–Kier alpha value is -1.78. The second kappa shape index (κ2) is 4.90. The van der Waals surface area contributed by atoms with E-state index in [1.165, 1.54) is 42.5 Å². The van der Waals surface area contributed by atoms with E-state index in [-0.39, 0.29) is 16.7 Å². The van der Waals surface area contributed by atoms with E-state index in [9.17, 15) is 18.3 Å². The van der Waals surface area contributed by atoms with Gasteiger partial charge in [-0.3, -0.25) is 0 Å². The molecule has 0 heterocycles. The number of alkyl halides is 3. The van der Waals surface area contributed by atoms with Crippen molar-refractivity contribution >= 4 is 22.7 Å². The lowest BCUT2D eigenvalue weighted by molar-refractivity contribution is -0.0685. The van der Waals surface area contributed by atoms with Crippen molar-refractivity contribution in [3.05, 3.63) is 70.2 Å². The van der Waals surface area contributed by atoms with Crippen LogP contribution in [0.3, 0.4) is 0 Å². The van der Waals surface area contributed by atoms with Crippen molar-refractivity contribution in [1.82, 2.24) is 0 Å². The second-order valence-electron chi connectivity index (χ2n) is 4.78. The lowest BCUT2D eigenvalue weighted by Gasteiger charge is -2.14. The molecule has 0 amide bonds. The number of hydrogen-bond donors (Lipinski definition) is 1. The standard InChI is InChI=1S/C16H10ClF3O/c17-10-7-5-9(6-8-10)13-14(16(18,19)20)11-3-1-2-4-12(11)15(13)21/h1-8,15,21H. The van der Waals surface area contributed by atoms with Crippen LogP contribution in [0.15, 0.2) is 48.5 Å². The molecule has 21 heavy (non-hydrogen) atoms. The summed E-state index contributed by atoms with van der Waals surface area (Å²) in [4.78, 5) is 0. The highest BCUT2D eigenvalue weighted by Crippen LogP contribution is 2.51. The molecule has 1 N–H and O–H groups in total. The number of benzene rings is 2. The van der Waals surface area contributed by atoms with Crippen molar-refractivity contribution in [2.45, 2.75) is 12.3 Å². The fraction of sp³-hybridized carbons (Fsp3) is 0.125. The summed E-state index contributed by atoms with van der Waals surface area (Å²) in [7, 11) is 0. The molecular formula is C16H10ClF3O. The highest BCUT2D eigenvalue weighted by atomic mass is 35.5. The number of aliphatic hydroxyl groups is 1. The highest BCUT2D eigenvalue weighted by Gasteiger charge is 2.44. The van der Waals surface area contributed by atoms with Crippen LogP contribution in [0.2, 0.25) is 5.02 Å². The van der Waals surface area contributed by atoms with Gasteiger partial charge in [-0.2, -0.15) is 13.2 Å². The third kappa shape index (κ3) is 2.34. The minimum atomic E-state index is -4.54. The monoisotopic (exact) mass is 310 g/mol. The molecule has 108 valence electrons. The zero-order chi connectivity index (χ0) is 15.2. The van der Waals surface area contributed by atoms with E-state index in [1.807, 2.05) is 0 Å². The summed E-state index contributed by atoms with van der Waals surface area (Å²) in [5.41, 5.74) is -0.291. The number of halogens is 4. The predicted octanol–water partition coefficient (Wildman–Crippen LogP) is 4.86. The summed E-state index contributed by atoms with van der Waals surface area (Å²) in [6.07, 6.45) is -5.83. The maximum atomic E-state index is 13.4. The van der Waals surface area contributed by atoms with Gasteiger partial charge in [-0.1, -0.05) is 48.0 Å². The van der Waals surface area contributed by atoms with E-state index < -0.39 is 17.9 Å². The van der Waals surface area contributed by atoms with E-state index in [0.29, 0.717) is 10.6 Å². The second-order valence-corrected chi connectivity index (χ2v) is 5.22. The zero-order valence-corrected chi connectivity index (χ0v) is 11.4. The molecule has 5 heteroatoms. The van der Waals surface area contributed by atoms with E-state index >= 15 is 0 Å². The zero-order valence-electron chi connectivity index (χ0n) is 10.7. The molecule has 0 aromatic heterocycles. The Morgan fingerprint density at radius 1 is 0.952 bits per heavy atom. The first-order valence-electron chi connectivity index (χ1n) is 6.24. The van der Waals surface area contributed by atoms with Crippen LogP contribution in [0.4, 0.5) is 13.2 Å². The topological polar surface area (TPSA) is 20.2 Å². The molecule has 0 saturated carbocycles. The van der Waals surface area contributed by atoms with Gasteiger partial charge in [0.2, 0.25) is 0 Å². The quantitative estimate of drug-likeness (QED) is 0.797. The summed E-state index contributed by atoms with van der Waals surface area (Å²) in [6, 6.07) is 12.0. The minimum Gasteiger partial charge on any atom is -0.384 e. The van der Waals surface area contributed by atoms with Gasteiger partial charge in [-0.05, 0) is 28.8 Å². The molecule has 2 aromatic carbocycles. The van der Waals surface area contributed by atoms with Gasteiger partial charge in [0.05, 0.1) is 5.57 Å². The van der Waals surface area contributed by atoms with Crippen LogP contribution in [0.25, 0.3) is 11.1 Å². The third-order valence-corrected chi connectivity index (χ3v) is 3.76. The number of aliphatic hydroxyl groups excluding tert-OH is 1. The van der Waals surface area contributed by atoms with Crippen molar-refractivity contribution in [2.24, 2.45) is 0 Å². The smallest absolute Gasteiger partial charge is 0.384 e.